The normalized spacial score (nSPS) is 11.2. The van der Waals surface area contributed by atoms with Gasteiger partial charge in [-0.3, -0.25) is 9.00 Å². The highest BCUT2D eigenvalue weighted by atomic mass is 32.2. The molecule has 0 aliphatic heterocycles. The molecule has 0 bridgehead atoms. The minimum Gasteiger partial charge on any atom is -0.397 e. The fraction of sp³-hybridized carbons (Fsp3) is 0.158. The second kappa shape index (κ2) is 9.65. The first-order valence-electron chi connectivity index (χ1n) is 8.22. The van der Waals surface area contributed by atoms with Crippen molar-refractivity contribution in [3.8, 4) is 5.69 Å². The molecular weight excluding hydrogens is 364 g/mol. The summed E-state index contributed by atoms with van der Waals surface area (Å²) in [6.07, 6.45) is 3.21. The fourth-order valence-corrected chi connectivity index (χ4v) is 2.75. The van der Waals surface area contributed by atoms with Gasteiger partial charge in [-0.15, -0.1) is 5.10 Å². The van der Waals surface area contributed by atoms with Crippen molar-refractivity contribution < 1.29 is 14.1 Å². The molecule has 7 nitrogen and oxygen atoms in total. The number of hydrogen-bond acceptors (Lipinski definition) is 5. The average Bonchev–Trinajstić information content (AvgIpc) is 3.08. The largest absolute Gasteiger partial charge is 0.397 e. The number of aliphatic hydroxyl groups is 1. The number of primary amides is 1. The number of nitrogens with one attached hydrogen (secondary N) is 1. The lowest BCUT2D eigenvalue weighted by Gasteiger charge is -2.05. The van der Waals surface area contributed by atoms with Crippen LogP contribution < -0.4 is 11.1 Å². The number of benzene rings is 2. The zero-order valence-corrected chi connectivity index (χ0v) is 15.9. The Hall–Kier alpha value is -2.97. The summed E-state index contributed by atoms with van der Waals surface area (Å²) in [5.74, 6) is -0.192. The van der Waals surface area contributed by atoms with Crippen LogP contribution in [0.15, 0.2) is 65.7 Å². The van der Waals surface area contributed by atoms with Crippen LogP contribution in [0.2, 0.25) is 0 Å². The van der Waals surface area contributed by atoms with E-state index in [1.807, 2.05) is 30.3 Å². The van der Waals surface area contributed by atoms with Gasteiger partial charge in [-0.25, -0.2) is 4.68 Å². The minimum atomic E-state index is -1.04. The number of carbonyl (C=O) groups is 1. The lowest BCUT2D eigenvalue weighted by atomic mass is 10.2. The number of aliphatic hydroxyl groups excluding tert-OH is 1. The molecule has 1 unspecified atom stereocenters. The van der Waals surface area contributed by atoms with Crippen molar-refractivity contribution >= 4 is 28.2 Å². The first kappa shape index (κ1) is 20.3. The van der Waals surface area contributed by atoms with E-state index in [1.54, 1.807) is 48.3 Å². The summed E-state index contributed by atoms with van der Waals surface area (Å²) < 4.78 is 13.0. The third-order valence-corrected chi connectivity index (χ3v) is 4.39. The van der Waals surface area contributed by atoms with Crippen LogP contribution in [0, 0.1) is 0 Å². The van der Waals surface area contributed by atoms with Gasteiger partial charge >= 0.3 is 0 Å². The van der Waals surface area contributed by atoms with Crippen molar-refractivity contribution in [2.24, 2.45) is 5.73 Å². The second-order valence-electron chi connectivity index (χ2n) is 5.46. The van der Waals surface area contributed by atoms with Crippen molar-refractivity contribution in [1.82, 2.24) is 9.78 Å². The third-order valence-electron chi connectivity index (χ3n) is 3.45. The van der Waals surface area contributed by atoms with Gasteiger partial charge in [-0.1, -0.05) is 18.2 Å². The van der Waals surface area contributed by atoms with Gasteiger partial charge in [0.05, 0.1) is 5.69 Å². The van der Waals surface area contributed by atoms with Gasteiger partial charge in [-0.05, 0) is 43.3 Å². The zero-order valence-electron chi connectivity index (χ0n) is 15.1. The maximum Gasteiger partial charge on any atom is 0.254 e. The molecule has 0 radical (unpaired) electrons. The molecule has 0 aliphatic rings. The Labute approximate surface area is 160 Å². The second-order valence-corrected chi connectivity index (χ2v) is 6.84. The Morgan fingerprint density at radius 3 is 2.30 bits per heavy atom. The first-order chi connectivity index (χ1) is 13.0. The van der Waals surface area contributed by atoms with Crippen LogP contribution >= 0.6 is 0 Å². The lowest BCUT2D eigenvalue weighted by molar-refractivity contribution is 0.100. The van der Waals surface area contributed by atoms with Crippen molar-refractivity contribution in [3.63, 3.8) is 0 Å². The third kappa shape index (κ3) is 5.50. The standard InChI is InChI=1S/C17H16N4O2S.C2H6O/c1-24(23)14-9-7-12(8-10-14)19-17-15(16(18)22)11-21(20-17)13-5-3-2-4-6-13;1-2-3/h2-11H,1H3,(H2,18,22)(H,19,20);3H,2H2,1H3. The summed E-state index contributed by atoms with van der Waals surface area (Å²) in [5.41, 5.74) is 7.30. The van der Waals surface area contributed by atoms with Crippen LogP contribution in [0.1, 0.15) is 17.3 Å². The predicted octanol–water partition coefficient (Wildman–Crippen LogP) is 2.45. The fourth-order valence-electron chi connectivity index (χ4n) is 2.23. The predicted molar refractivity (Wildman–Crippen MR) is 107 cm³/mol. The molecule has 8 heteroatoms. The highest BCUT2D eigenvalue weighted by Crippen LogP contribution is 2.22. The Kier molecular flexibility index (Phi) is 7.27. The minimum absolute atomic E-state index is 0.250. The van der Waals surface area contributed by atoms with Crippen molar-refractivity contribution in [1.29, 1.82) is 0 Å². The van der Waals surface area contributed by atoms with E-state index in [0.29, 0.717) is 11.4 Å². The van der Waals surface area contributed by atoms with Crippen molar-refractivity contribution in [2.75, 3.05) is 18.2 Å². The van der Waals surface area contributed by atoms with E-state index < -0.39 is 16.7 Å². The molecule has 1 amide bonds. The highest BCUT2D eigenvalue weighted by Gasteiger charge is 2.15. The van der Waals surface area contributed by atoms with Gasteiger partial charge in [0.2, 0.25) is 0 Å². The number of carbonyl (C=O) groups excluding carboxylic acids is 1. The summed E-state index contributed by atoms with van der Waals surface area (Å²) >= 11 is 0. The van der Waals surface area contributed by atoms with Gasteiger partial charge in [0, 0.05) is 40.4 Å². The monoisotopic (exact) mass is 386 g/mol. The van der Waals surface area contributed by atoms with Crippen LogP contribution in [0.3, 0.4) is 0 Å². The van der Waals surface area contributed by atoms with Crippen LogP contribution in [-0.4, -0.2) is 37.9 Å². The number of para-hydroxylation sites is 1. The number of nitrogens with zero attached hydrogens (tertiary/aromatic N) is 2. The van der Waals surface area contributed by atoms with Crippen LogP contribution in [-0.2, 0) is 10.8 Å². The smallest absolute Gasteiger partial charge is 0.254 e. The first-order valence-corrected chi connectivity index (χ1v) is 9.78. The zero-order chi connectivity index (χ0) is 19.8. The summed E-state index contributed by atoms with van der Waals surface area (Å²) in [5, 5.41) is 15.0. The van der Waals surface area contributed by atoms with E-state index in [9.17, 15) is 9.00 Å². The maximum absolute atomic E-state index is 11.7. The van der Waals surface area contributed by atoms with Gasteiger partial charge in [0.25, 0.3) is 5.91 Å². The Morgan fingerprint density at radius 1 is 1.19 bits per heavy atom. The van der Waals surface area contributed by atoms with Crippen LogP contribution in [0.25, 0.3) is 5.69 Å². The van der Waals surface area contributed by atoms with Crippen LogP contribution in [0.4, 0.5) is 11.5 Å². The van der Waals surface area contributed by atoms with Gasteiger partial charge < -0.3 is 16.2 Å². The van der Waals surface area contributed by atoms with E-state index >= 15 is 0 Å². The number of anilines is 2. The van der Waals surface area contributed by atoms with Crippen molar-refractivity contribution in [2.45, 2.75) is 11.8 Å². The molecule has 4 N–H and O–H groups in total. The maximum atomic E-state index is 11.7. The molecular formula is C19H22N4O3S. The van der Waals surface area contributed by atoms with Crippen LogP contribution in [0.5, 0.6) is 0 Å². The lowest BCUT2D eigenvalue weighted by Crippen LogP contribution is -2.12. The summed E-state index contributed by atoms with van der Waals surface area (Å²) in [6, 6.07) is 16.5. The number of amides is 1. The Bertz CT molecular complexity index is 908. The van der Waals surface area contributed by atoms with E-state index in [0.717, 1.165) is 16.3 Å². The molecule has 142 valence electrons. The van der Waals surface area contributed by atoms with E-state index in [4.69, 9.17) is 10.8 Å². The van der Waals surface area contributed by atoms with E-state index in [-0.39, 0.29) is 6.61 Å². The SMILES string of the molecule is CCO.CS(=O)c1ccc(Nc2nn(-c3ccccc3)cc2C(N)=O)cc1. The molecule has 0 saturated heterocycles. The van der Waals surface area contributed by atoms with E-state index in [2.05, 4.69) is 10.4 Å². The topological polar surface area (TPSA) is 110 Å². The van der Waals surface area contributed by atoms with Gasteiger partial charge in [0.15, 0.2) is 5.82 Å². The number of aromatic nitrogens is 2. The summed E-state index contributed by atoms with van der Waals surface area (Å²) in [6.45, 7) is 1.93. The number of hydrogen-bond donors (Lipinski definition) is 3. The Balaban J connectivity index is 0.000000817. The molecule has 0 aliphatic carbocycles. The Morgan fingerprint density at radius 2 is 1.78 bits per heavy atom. The molecule has 1 heterocycles. The molecule has 1 atom stereocenters. The number of nitrogens with two attached hydrogens (primary N) is 1. The van der Waals surface area contributed by atoms with Gasteiger partial charge in [-0.2, -0.15) is 0 Å². The van der Waals surface area contributed by atoms with Gasteiger partial charge in [0.1, 0.15) is 5.56 Å². The average molecular weight is 386 g/mol. The molecule has 1 aromatic heterocycles. The molecule has 3 aromatic rings. The van der Waals surface area contributed by atoms with Crippen molar-refractivity contribution in [3.05, 3.63) is 66.4 Å². The summed E-state index contributed by atoms with van der Waals surface area (Å²) in [7, 11) is -1.04. The highest BCUT2D eigenvalue weighted by molar-refractivity contribution is 7.84. The molecule has 0 fully saturated rings. The molecule has 0 spiro atoms. The summed E-state index contributed by atoms with van der Waals surface area (Å²) in [4.78, 5) is 12.4. The molecule has 0 saturated carbocycles. The molecule has 3 rings (SSSR count). The van der Waals surface area contributed by atoms with E-state index in [1.165, 1.54) is 0 Å². The molecule has 27 heavy (non-hydrogen) atoms. The quantitative estimate of drug-likeness (QED) is 0.624. The number of rotatable bonds is 5. The molecule has 2 aromatic carbocycles.